The van der Waals surface area contributed by atoms with Gasteiger partial charge in [-0.3, -0.25) is 4.79 Å². The normalized spacial score (nSPS) is 16.8. The van der Waals surface area contributed by atoms with Gasteiger partial charge in [-0.25, -0.2) is 4.79 Å². The van der Waals surface area contributed by atoms with Crippen LogP contribution in [0.15, 0.2) is 23.2 Å². The molecule has 0 saturated heterocycles. The van der Waals surface area contributed by atoms with Crippen LogP contribution >= 0.6 is 0 Å². The van der Waals surface area contributed by atoms with E-state index in [1.54, 1.807) is 20.8 Å². The van der Waals surface area contributed by atoms with Gasteiger partial charge < -0.3 is 14.8 Å². The van der Waals surface area contributed by atoms with Crippen molar-refractivity contribution in [1.29, 1.82) is 0 Å². The van der Waals surface area contributed by atoms with Gasteiger partial charge in [-0.05, 0) is 32.9 Å². The highest BCUT2D eigenvalue weighted by molar-refractivity contribution is 6.45. The number of carbonyl (C=O) groups excluding carboxylic acids is 2. The number of rotatable bonds is 0. The lowest BCUT2D eigenvalue weighted by Gasteiger charge is -2.17. The van der Waals surface area contributed by atoms with Crippen molar-refractivity contribution in [2.24, 2.45) is 4.99 Å². The summed E-state index contributed by atoms with van der Waals surface area (Å²) in [5.74, 6) is -1.35. The molecule has 1 N–H and O–H groups in total. The fourth-order valence-electron chi connectivity index (χ4n) is 1.89. The van der Waals surface area contributed by atoms with E-state index in [1.165, 1.54) is 6.07 Å². The Morgan fingerprint density at radius 1 is 1.29 bits per heavy atom. The Morgan fingerprint density at radius 2 is 1.96 bits per heavy atom. The number of hydrogen-bond acceptors (Lipinski definition) is 4. The van der Waals surface area contributed by atoms with Gasteiger partial charge in [-0.15, -0.1) is 0 Å². The fourth-order valence-corrected chi connectivity index (χ4v) is 1.89. The van der Waals surface area contributed by atoms with E-state index in [2.05, 4.69) is 10.3 Å². The quantitative estimate of drug-likeness (QED) is 0.782. The minimum Gasteiger partial charge on any atom is -0.484 e. The third-order valence-corrected chi connectivity index (χ3v) is 2.80. The average molecular weight is 344 g/mol. The average Bonchev–Trinajstić information content (AvgIpc) is 2.55. The van der Waals surface area contributed by atoms with Crippen LogP contribution in [-0.2, 0) is 15.7 Å². The summed E-state index contributed by atoms with van der Waals surface area (Å²) in [5.41, 5.74) is -2.38. The molecule has 24 heavy (non-hydrogen) atoms. The van der Waals surface area contributed by atoms with E-state index < -0.39 is 41.7 Å². The Bertz CT molecular complexity index is 706. The van der Waals surface area contributed by atoms with Crippen LogP contribution in [0.2, 0.25) is 0 Å². The minimum absolute atomic E-state index is 0.149. The Hall–Kier alpha value is -2.58. The molecule has 2 rings (SSSR count). The first-order valence-electron chi connectivity index (χ1n) is 6.92. The Balaban J connectivity index is 2.30. The molecule has 130 valence electrons. The van der Waals surface area contributed by atoms with Crippen LogP contribution in [0.25, 0.3) is 0 Å². The highest BCUT2D eigenvalue weighted by atomic mass is 19.4. The maximum absolute atomic E-state index is 13.0. The van der Waals surface area contributed by atoms with Crippen LogP contribution in [-0.4, -0.2) is 29.9 Å². The molecule has 0 saturated carbocycles. The predicted molar refractivity (Wildman–Crippen MR) is 79.2 cm³/mol. The maximum atomic E-state index is 13.0. The van der Waals surface area contributed by atoms with Crippen molar-refractivity contribution in [3.63, 3.8) is 0 Å². The molecule has 1 aromatic carbocycles. The third kappa shape index (κ3) is 4.24. The number of ether oxygens (including phenoxy) is 2. The summed E-state index contributed by atoms with van der Waals surface area (Å²) in [6.07, 6.45) is -5.68. The van der Waals surface area contributed by atoms with Gasteiger partial charge in [0, 0.05) is 0 Å². The summed E-state index contributed by atoms with van der Waals surface area (Å²) in [4.78, 5) is 27.2. The molecule has 6 nitrogen and oxygen atoms in total. The largest absolute Gasteiger partial charge is 0.484 e. The van der Waals surface area contributed by atoms with Crippen LogP contribution < -0.4 is 10.1 Å². The third-order valence-electron chi connectivity index (χ3n) is 2.80. The van der Waals surface area contributed by atoms with Crippen LogP contribution in [0.3, 0.4) is 0 Å². The number of alkyl halides is 3. The molecule has 0 atom stereocenters. The number of anilines is 1. The standard InChI is InChI=1S/C15H15F3N2O4/c1-14(2,3)24-13(22)20-10-7-23-11-8(15(16,17)18)5-4-6-9(11)19-12(10)21/h4-6H,7H2,1-3H3,(H,19,21). The van der Waals surface area contributed by atoms with Crippen molar-refractivity contribution >= 4 is 23.4 Å². The lowest BCUT2D eigenvalue weighted by Crippen LogP contribution is -2.28. The Morgan fingerprint density at radius 3 is 2.54 bits per heavy atom. The smallest absolute Gasteiger partial charge is 0.434 e. The van der Waals surface area contributed by atoms with Crippen LogP contribution in [0.4, 0.5) is 23.7 Å². The van der Waals surface area contributed by atoms with E-state index in [4.69, 9.17) is 9.47 Å². The van der Waals surface area contributed by atoms with Crippen molar-refractivity contribution in [1.82, 2.24) is 0 Å². The molecule has 1 aromatic rings. The molecule has 1 heterocycles. The number of amides is 2. The lowest BCUT2D eigenvalue weighted by atomic mass is 10.1. The summed E-state index contributed by atoms with van der Waals surface area (Å²) in [7, 11) is 0. The predicted octanol–water partition coefficient (Wildman–Crippen LogP) is 3.41. The second-order valence-corrected chi connectivity index (χ2v) is 5.96. The monoisotopic (exact) mass is 344 g/mol. The summed E-state index contributed by atoms with van der Waals surface area (Å²) < 4.78 is 49.0. The molecule has 0 aromatic heterocycles. The van der Waals surface area contributed by atoms with Gasteiger partial charge in [0.1, 0.15) is 12.2 Å². The number of fused-ring (bicyclic) bond motifs is 1. The zero-order valence-corrected chi connectivity index (χ0v) is 13.2. The van der Waals surface area contributed by atoms with Crippen molar-refractivity contribution in [2.45, 2.75) is 32.5 Å². The van der Waals surface area contributed by atoms with Crippen molar-refractivity contribution in [3.8, 4) is 5.75 Å². The van der Waals surface area contributed by atoms with Gasteiger partial charge >= 0.3 is 12.3 Å². The van der Waals surface area contributed by atoms with E-state index in [1.807, 2.05) is 0 Å². The fraction of sp³-hybridized carbons (Fsp3) is 0.400. The van der Waals surface area contributed by atoms with Crippen molar-refractivity contribution in [2.75, 3.05) is 11.9 Å². The van der Waals surface area contributed by atoms with Gasteiger partial charge in [0.05, 0.1) is 11.3 Å². The van der Waals surface area contributed by atoms with E-state index >= 15 is 0 Å². The molecular weight excluding hydrogens is 329 g/mol. The van der Waals surface area contributed by atoms with E-state index in [9.17, 15) is 22.8 Å². The van der Waals surface area contributed by atoms with Crippen LogP contribution in [0.1, 0.15) is 26.3 Å². The number of benzene rings is 1. The molecule has 0 aliphatic carbocycles. The molecule has 0 fully saturated rings. The molecule has 9 heteroatoms. The number of hydrogen-bond donors (Lipinski definition) is 1. The van der Waals surface area contributed by atoms with Crippen LogP contribution in [0, 0.1) is 0 Å². The molecule has 2 amide bonds. The number of aliphatic imine (C=N–C) groups is 1. The number of para-hydroxylation sites is 1. The molecule has 0 bridgehead atoms. The Labute approximate surface area is 135 Å². The second-order valence-electron chi connectivity index (χ2n) is 5.96. The van der Waals surface area contributed by atoms with E-state index in [0.29, 0.717) is 0 Å². The topological polar surface area (TPSA) is 77.0 Å². The van der Waals surface area contributed by atoms with E-state index in [-0.39, 0.29) is 11.4 Å². The van der Waals surface area contributed by atoms with Gasteiger partial charge in [-0.2, -0.15) is 18.2 Å². The molecule has 0 unspecified atom stereocenters. The summed E-state index contributed by atoms with van der Waals surface area (Å²) >= 11 is 0. The molecular formula is C15H15F3N2O4. The zero-order valence-electron chi connectivity index (χ0n) is 13.2. The highest BCUT2D eigenvalue weighted by Crippen LogP contribution is 2.41. The summed E-state index contributed by atoms with van der Waals surface area (Å²) in [5, 5.41) is 2.25. The van der Waals surface area contributed by atoms with E-state index in [0.717, 1.165) is 12.1 Å². The summed E-state index contributed by atoms with van der Waals surface area (Å²) in [6, 6.07) is 3.24. The minimum atomic E-state index is -4.65. The number of carbonyl (C=O) groups is 2. The van der Waals surface area contributed by atoms with Gasteiger partial charge in [0.2, 0.25) is 0 Å². The molecule has 0 spiro atoms. The van der Waals surface area contributed by atoms with Crippen molar-refractivity contribution in [3.05, 3.63) is 23.8 Å². The van der Waals surface area contributed by atoms with Crippen molar-refractivity contribution < 1.29 is 32.2 Å². The summed E-state index contributed by atoms with van der Waals surface area (Å²) in [6.45, 7) is 4.24. The first-order valence-corrected chi connectivity index (χ1v) is 6.92. The van der Waals surface area contributed by atoms with Gasteiger partial charge in [-0.1, -0.05) is 6.07 Å². The first kappa shape index (κ1) is 17.8. The number of nitrogens with zero attached hydrogens (tertiary/aromatic N) is 1. The first-order chi connectivity index (χ1) is 11.0. The lowest BCUT2D eigenvalue weighted by molar-refractivity contribution is -0.138. The number of halogens is 3. The zero-order chi connectivity index (χ0) is 18.1. The SMILES string of the molecule is CC(C)(C)OC(=O)N=C1COc2c(cccc2C(F)(F)F)NC1=O. The van der Waals surface area contributed by atoms with Gasteiger partial charge in [0.25, 0.3) is 5.91 Å². The number of nitrogens with one attached hydrogen (secondary N) is 1. The highest BCUT2D eigenvalue weighted by Gasteiger charge is 2.37. The molecule has 1 aliphatic rings. The van der Waals surface area contributed by atoms with Crippen LogP contribution in [0.5, 0.6) is 5.75 Å². The molecule has 1 aliphatic heterocycles. The second kappa shape index (κ2) is 6.14. The molecule has 0 radical (unpaired) electrons. The van der Waals surface area contributed by atoms with Gasteiger partial charge in [0.15, 0.2) is 11.5 Å². The maximum Gasteiger partial charge on any atom is 0.434 e. The Kier molecular flexibility index (Phi) is 4.54.